The summed E-state index contributed by atoms with van der Waals surface area (Å²) >= 11 is 3.13. The molecule has 3 rings (SSSR count). The third-order valence-corrected chi connectivity index (χ3v) is 7.05. The number of ether oxygens (including phenoxy) is 1. The van der Waals surface area contributed by atoms with Crippen molar-refractivity contribution in [2.75, 3.05) is 31.9 Å². The van der Waals surface area contributed by atoms with Crippen molar-refractivity contribution in [3.8, 4) is 0 Å². The van der Waals surface area contributed by atoms with Gasteiger partial charge in [0, 0.05) is 30.7 Å². The number of halogens is 1. The normalized spacial score (nSPS) is 15.0. The number of carbonyl (C=O) groups excluding carboxylic acids is 1. The molecule has 0 unspecified atom stereocenters. The zero-order valence-corrected chi connectivity index (χ0v) is 18.2. The van der Waals surface area contributed by atoms with Gasteiger partial charge in [-0.15, -0.1) is 0 Å². The van der Waals surface area contributed by atoms with Crippen LogP contribution in [-0.4, -0.2) is 61.0 Å². The number of sulfonamides is 1. The summed E-state index contributed by atoms with van der Waals surface area (Å²) in [5, 5.41) is 9.25. The summed E-state index contributed by atoms with van der Waals surface area (Å²) in [4.78, 5) is 24.8. The molecule has 0 radical (unpaired) electrons. The lowest BCUT2D eigenvalue weighted by Crippen LogP contribution is -2.50. The Balaban J connectivity index is 1.67. The first-order valence-electron chi connectivity index (χ1n) is 8.98. The predicted octanol–water partition coefficient (Wildman–Crippen LogP) is 2.37. The minimum absolute atomic E-state index is 0.0388. The third-order valence-electron chi connectivity index (χ3n) is 4.66. The number of amides is 1. The molecule has 160 valence electrons. The van der Waals surface area contributed by atoms with Crippen LogP contribution < -0.4 is 5.73 Å². The highest BCUT2D eigenvalue weighted by Crippen LogP contribution is 2.30. The number of rotatable bonds is 5. The van der Waals surface area contributed by atoms with Crippen LogP contribution in [0.25, 0.3) is 0 Å². The Morgan fingerprint density at radius 3 is 2.33 bits per heavy atom. The van der Waals surface area contributed by atoms with Crippen LogP contribution in [-0.2, 0) is 21.4 Å². The molecule has 1 fully saturated rings. The van der Waals surface area contributed by atoms with Gasteiger partial charge in [-0.05, 0) is 17.7 Å². The molecule has 30 heavy (non-hydrogen) atoms. The number of benzene rings is 2. The lowest BCUT2D eigenvalue weighted by molar-refractivity contribution is 0.0697. The second-order valence-corrected chi connectivity index (χ2v) is 9.42. The fourth-order valence-electron chi connectivity index (χ4n) is 3.04. The van der Waals surface area contributed by atoms with Crippen molar-refractivity contribution in [3.05, 3.63) is 58.1 Å². The summed E-state index contributed by atoms with van der Waals surface area (Å²) in [5.74, 6) is -1.32. The first kappa shape index (κ1) is 22.1. The Kier molecular flexibility index (Phi) is 6.64. The lowest BCUT2D eigenvalue weighted by atomic mass is 10.2. The molecule has 0 saturated carbocycles. The molecule has 1 aliphatic rings. The summed E-state index contributed by atoms with van der Waals surface area (Å²) < 4.78 is 32.8. The monoisotopic (exact) mass is 497 g/mol. The minimum atomic E-state index is -4.04. The van der Waals surface area contributed by atoms with Crippen molar-refractivity contribution in [2.24, 2.45) is 0 Å². The van der Waals surface area contributed by atoms with E-state index in [2.05, 4.69) is 15.9 Å². The fourth-order valence-corrected chi connectivity index (χ4v) is 5.24. The van der Waals surface area contributed by atoms with E-state index in [0.29, 0.717) is 0 Å². The highest BCUT2D eigenvalue weighted by Gasteiger charge is 2.33. The van der Waals surface area contributed by atoms with E-state index in [1.54, 1.807) is 0 Å². The van der Waals surface area contributed by atoms with Gasteiger partial charge in [-0.3, -0.25) is 0 Å². The van der Waals surface area contributed by atoms with E-state index in [1.165, 1.54) is 21.3 Å². The Hall–Kier alpha value is -2.63. The number of nitrogen functional groups attached to an aromatic ring is 1. The summed E-state index contributed by atoms with van der Waals surface area (Å²) in [7, 11) is -4.04. The maximum atomic E-state index is 13.0. The van der Waals surface area contributed by atoms with Gasteiger partial charge in [0.15, 0.2) is 0 Å². The van der Waals surface area contributed by atoms with Gasteiger partial charge in [0.25, 0.3) is 0 Å². The van der Waals surface area contributed by atoms with Crippen molar-refractivity contribution in [1.82, 2.24) is 9.21 Å². The van der Waals surface area contributed by atoms with Crippen LogP contribution >= 0.6 is 15.9 Å². The molecule has 9 nitrogen and oxygen atoms in total. The Bertz CT molecular complexity index is 1050. The molecule has 0 aliphatic carbocycles. The minimum Gasteiger partial charge on any atom is -0.478 e. The van der Waals surface area contributed by atoms with E-state index in [4.69, 9.17) is 10.5 Å². The van der Waals surface area contributed by atoms with Gasteiger partial charge in [-0.1, -0.05) is 46.3 Å². The standard InChI is InChI=1S/C19H20BrN3O6S/c20-14-10-15(18(24)25)17(21)16(11-14)30(27,28)23-8-6-22(7-9-23)19(26)29-12-13-4-2-1-3-5-13/h1-5,10-11H,6-9,12,21H2,(H,24,25). The number of anilines is 1. The van der Waals surface area contributed by atoms with Crippen molar-refractivity contribution in [2.45, 2.75) is 11.5 Å². The summed E-state index contributed by atoms with van der Waals surface area (Å²) in [5.41, 5.74) is 6.05. The van der Waals surface area contributed by atoms with Gasteiger partial charge in [0.2, 0.25) is 10.0 Å². The largest absolute Gasteiger partial charge is 0.478 e. The van der Waals surface area contributed by atoms with Gasteiger partial charge >= 0.3 is 12.1 Å². The number of hydrogen-bond acceptors (Lipinski definition) is 6. The molecule has 0 bridgehead atoms. The Morgan fingerprint density at radius 1 is 1.10 bits per heavy atom. The van der Waals surface area contributed by atoms with E-state index in [-0.39, 0.29) is 53.4 Å². The van der Waals surface area contributed by atoms with Gasteiger partial charge < -0.3 is 20.5 Å². The Labute approximate surface area is 182 Å². The molecule has 1 aliphatic heterocycles. The zero-order chi connectivity index (χ0) is 21.9. The van der Waals surface area contributed by atoms with Crippen LogP contribution in [0, 0.1) is 0 Å². The molecule has 0 aromatic heterocycles. The average Bonchev–Trinajstić information content (AvgIpc) is 2.74. The third kappa shape index (κ3) is 4.74. The van der Waals surface area contributed by atoms with Gasteiger partial charge in [-0.25, -0.2) is 18.0 Å². The molecule has 3 N–H and O–H groups in total. The smallest absolute Gasteiger partial charge is 0.410 e. The van der Waals surface area contributed by atoms with E-state index >= 15 is 0 Å². The van der Waals surface area contributed by atoms with Gasteiger partial charge in [0.05, 0.1) is 11.3 Å². The molecular weight excluding hydrogens is 478 g/mol. The van der Waals surface area contributed by atoms with E-state index in [0.717, 1.165) is 5.56 Å². The maximum Gasteiger partial charge on any atom is 0.410 e. The van der Waals surface area contributed by atoms with Crippen LogP contribution in [0.3, 0.4) is 0 Å². The lowest BCUT2D eigenvalue weighted by Gasteiger charge is -2.33. The van der Waals surface area contributed by atoms with Crippen LogP contribution in [0.15, 0.2) is 51.8 Å². The van der Waals surface area contributed by atoms with Gasteiger partial charge in [-0.2, -0.15) is 4.31 Å². The molecule has 2 aromatic rings. The maximum absolute atomic E-state index is 13.0. The number of hydrogen-bond donors (Lipinski definition) is 2. The molecule has 0 spiro atoms. The summed E-state index contributed by atoms with van der Waals surface area (Å²) in [6, 6.07) is 11.8. The summed E-state index contributed by atoms with van der Waals surface area (Å²) in [6.45, 7) is 0.498. The van der Waals surface area contributed by atoms with Crippen LogP contribution in [0.2, 0.25) is 0 Å². The molecule has 1 saturated heterocycles. The Morgan fingerprint density at radius 2 is 1.73 bits per heavy atom. The van der Waals surface area contributed by atoms with Crippen LogP contribution in [0.4, 0.5) is 10.5 Å². The first-order valence-corrected chi connectivity index (χ1v) is 11.2. The molecule has 2 aromatic carbocycles. The molecular formula is C19H20BrN3O6S. The number of carboxylic acids is 1. The van der Waals surface area contributed by atoms with E-state index in [9.17, 15) is 23.1 Å². The predicted molar refractivity (Wildman–Crippen MR) is 112 cm³/mol. The molecule has 1 amide bonds. The average molecular weight is 498 g/mol. The number of nitrogens with zero attached hydrogens (tertiary/aromatic N) is 2. The molecule has 1 heterocycles. The quantitative estimate of drug-likeness (QED) is 0.606. The summed E-state index contributed by atoms with van der Waals surface area (Å²) in [6.07, 6.45) is -0.522. The van der Waals surface area contributed by atoms with E-state index in [1.807, 2.05) is 30.3 Å². The first-order chi connectivity index (χ1) is 14.2. The zero-order valence-electron chi connectivity index (χ0n) is 15.8. The highest BCUT2D eigenvalue weighted by molar-refractivity contribution is 9.10. The molecule has 0 atom stereocenters. The molecule has 11 heteroatoms. The van der Waals surface area contributed by atoms with Crippen molar-refractivity contribution < 1.29 is 27.9 Å². The van der Waals surface area contributed by atoms with Crippen molar-refractivity contribution in [1.29, 1.82) is 0 Å². The number of carbonyl (C=O) groups is 2. The van der Waals surface area contributed by atoms with Crippen molar-refractivity contribution >= 4 is 43.7 Å². The van der Waals surface area contributed by atoms with E-state index < -0.39 is 22.1 Å². The highest BCUT2D eigenvalue weighted by atomic mass is 79.9. The SMILES string of the molecule is Nc1c(C(=O)O)cc(Br)cc1S(=O)(=O)N1CCN(C(=O)OCc2ccccc2)CC1. The fraction of sp³-hybridized carbons (Fsp3) is 0.263. The number of aromatic carboxylic acids is 1. The van der Waals surface area contributed by atoms with Gasteiger partial charge in [0.1, 0.15) is 11.5 Å². The van der Waals surface area contributed by atoms with Crippen molar-refractivity contribution in [3.63, 3.8) is 0 Å². The second-order valence-electron chi connectivity index (χ2n) is 6.60. The number of carboxylic acid groups (broad SMARTS) is 1. The topological polar surface area (TPSA) is 130 Å². The van der Waals surface area contributed by atoms with Crippen LogP contribution in [0.5, 0.6) is 0 Å². The number of nitrogens with two attached hydrogens (primary N) is 1. The van der Waals surface area contributed by atoms with Crippen LogP contribution in [0.1, 0.15) is 15.9 Å². The second kappa shape index (κ2) is 9.02. The number of piperazine rings is 1.